The fourth-order valence-electron chi connectivity index (χ4n) is 3.24. The molecule has 4 nitrogen and oxygen atoms in total. The summed E-state index contributed by atoms with van der Waals surface area (Å²) >= 11 is 0. The highest BCUT2D eigenvalue weighted by Crippen LogP contribution is 2.43. The Hall–Kier alpha value is -0.870. The Morgan fingerprint density at radius 1 is 1.44 bits per heavy atom. The zero-order chi connectivity index (χ0) is 11.0. The van der Waals surface area contributed by atoms with Crippen LogP contribution in [-0.4, -0.2) is 29.2 Å². The summed E-state index contributed by atoms with van der Waals surface area (Å²) < 4.78 is 5.85. The van der Waals surface area contributed by atoms with E-state index in [1.165, 1.54) is 24.2 Å². The van der Waals surface area contributed by atoms with Gasteiger partial charge in [-0.2, -0.15) is 0 Å². The molecule has 1 aliphatic heterocycles. The number of hydrogen-bond donors (Lipinski definition) is 2. The predicted octanol–water partition coefficient (Wildman–Crippen LogP) is 1.56. The fourth-order valence-corrected chi connectivity index (χ4v) is 3.24. The molecule has 1 fully saturated rings. The van der Waals surface area contributed by atoms with Gasteiger partial charge in [-0.15, -0.1) is 0 Å². The zero-order valence-corrected chi connectivity index (χ0v) is 9.75. The van der Waals surface area contributed by atoms with Crippen LogP contribution in [0.1, 0.15) is 43.1 Å². The molecule has 0 amide bonds. The molecule has 0 saturated heterocycles. The Morgan fingerprint density at radius 3 is 3.00 bits per heavy atom. The van der Waals surface area contributed by atoms with Crippen LogP contribution in [0.15, 0.2) is 6.33 Å². The standard InChI is InChI=1S/C12H19N3O/c1-16-12(5-2-3-6-12)11-10-9(4-7-13-11)14-8-15-10/h8,11,13H,2-7H2,1H3,(H,14,15). The van der Waals surface area contributed by atoms with Gasteiger partial charge in [0.1, 0.15) is 0 Å². The van der Waals surface area contributed by atoms with Crippen molar-refractivity contribution in [1.29, 1.82) is 0 Å². The average Bonchev–Trinajstić information content (AvgIpc) is 2.98. The summed E-state index contributed by atoms with van der Waals surface area (Å²) in [6.07, 6.45) is 7.69. The largest absolute Gasteiger partial charge is 0.376 e. The van der Waals surface area contributed by atoms with Crippen molar-refractivity contribution in [3.05, 3.63) is 17.7 Å². The molecule has 88 valence electrons. The molecule has 1 aromatic rings. The Labute approximate surface area is 95.8 Å². The van der Waals surface area contributed by atoms with E-state index < -0.39 is 0 Å². The van der Waals surface area contributed by atoms with Gasteiger partial charge >= 0.3 is 0 Å². The van der Waals surface area contributed by atoms with E-state index in [0.717, 1.165) is 25.8 Å². The molecule has 0 aromatic carbocycles. The summed E-state index contributed by atoms with van der Waals surface area (Å²) in [6.45, 7) is 1.02. The molecule has 4 heteroatoms. The molecule has 2 heterocycles. The Balaban J connectivity index is 1.96. The summed E-state index contributed by atoms with van der Waals surface area (Å²) in [5, 5.41) is 3.59. The Kier molecular flexibility index (Phi) is 2.48. The monoisotopic (exact) mass is 221 g/mol. The number of hydrogen-bond acceptors (Lipinski definition) is 3. The van der Waals surface area contributed by atoms with Gasteiger partial charge in [0.25, 0.3) is 0 Å². The van der Waals surface area contributed by atoms with Crippen molar-refractivity contribution in [1.82, 2.24) is 15.3 Å². The van der Waals surface area contributed by atoms with E-state index >= 15 is 0 Å². The minimum Gasteiger partial charge on any atom is -0.376 e. The lowest BCUT2D eigenvalue weighted by atomic mass is 9.86. The van der Waals surface area contributed by atoms with E-state index in [2.05, 4.69) is 15.3 Å². The number of aromatic amines is 1. The quantitative estimate of drug-likeness (QED) is 0.796. The molecule has 0 bridgehead atoms. The SMILES string of the molecule is COC1(C2NCCc3[nH]cnc32)CCCC1. The number of aromatic nitrogens is 2. The molecule has 1 atom stereocenters. The number of ether oxygens (including phenoxy) is 1. The highest BCUT2D eigenvalue weighted by molar-refractivity contribution is 5.23. The minimum absolute atomic E-state index is 0.0234. The van der Waals surface area contributed by atoms with Crippen molar-refractivity contribution < 1.29 is 4.74 Å². The minimum atomic E-state index is -0.0234. The maximum absolute atomic E-state index is 5.85. The van der Waals surface area contributed by atoms with E-state index in [1.807, 2.05) is 13.4 Å². The van der Waals surface area contributed by atoms with E-state index in [0.29, 0.717) is 0 Å². The number of imidazole rings is 1. The average molecular weight is 221 g/mol. The summed E-state index contributed by atoms with van der Waals surface area (Å²) in [7, 11) is 1.84. The number of rotatable bonds is 2. The number of fused-ring (bicyclic) bond motifs is 1. The Morgan fingerprint density at radius 2 is 2.25 bits per heavy atom. The molecule has 0 radical (unpaired) electrons. The molecule has 1 unspecified atom stereocenters. The molecule has 0 spiro atoms. The first-order valence-corrected chi connectivity index (χ1v) is 6.16. The highest BCUT2D eigenvalue weighted by Gasteiger charge is 2.45. The van der Waals surface area contributed by atoms with Gasteiger partial charge in [-0.1, -0.05) is 12.8 Å². The van der Waals surface area contributed by atoms with Crippen molar-refractivity contribution >= 4 is 0 Å². The van der Waals surface area contributed by atoms with E-state index in [4.69, 9.17) is 4.74 Å². The van der Waals surface area contributed by atoms with E-state index in [1.54, 1.807) is 0 Å². The molecule has 16 heavy (non-hydrogen) atoms. The van der Waals surface area contributed by atoms with Gasteiger partial charge in [-0.3, -0.25) is 0 Å². The number of H-pyrrole nitrogens is 1. The second-order valence-electron chi connectivity index (χ2n) is 4.88. The molecular formula is C12H19N3O. The molecule has 2 N–H and O–H groups in total. The zero-order valence-electron chi connectivity index (χ0n) is 9.75. The lowest BCUT2D eigenvalue weighted by Gasteiger charge is -2.38. The van der Waals surface area contributed by atoms with Gasteiger partial charge in [0.15, 0.2) is 0 Å². The van der Waals surface area contributed by atoms with Crippen LogP contribution in [0.3, 0.4) is 0 Å². The molecule has 1 aliphatic carbocycles. The first-order chi connectivity index (χ1) is 7.86. The van der Waals surface area contributed by atoms with Crippen LogP contribution < -0.4 is 5.32 Å². The summed E-state index contributed by atoms with van der Waals surface area (Å²) in [5.74, 6) is 0. The maximum Gasteiger partial charge on any atom is 0.0925 e. The van der Waals surface area contributed by atoms with Crippen molar-refractivity contribution in [3.63, 3.8) is 0 Å². The first-order valence-electron chi connectivity index (χ1n) is 6.16. The molecule has 2 aliphatic rings. The number of methoxy groups -OCH3 is 1. The van der Waals surface area contributed by atoms with E-state index in [-0.39, 0.29) is 11.6 Å². The highest BCUT2D eigenvalue weighted by atomic mass is 16.5. The van der Waals surface area contributed by atoms with E-state index in [9.17, 15) is 0 Å². The third-order valence-electron chi connectivity index (χ3n) is 4.13. The van der Waals surface area contributed by atoms with Crippen molar-refractivity contribution in [3.8, 4) is 0 Å². The third kappa shape index (κ3) is 1.40. The number of nitrogens with one attached hydrogen (secondary N) is 2. The maximum atomic E-state index is 5.85. The van der Waals surface area contributed by atoms with Crippen LogP contribution in [0, 0.1) is 0 Å². The summed E-state index contributed by atoms with van der Waals surface area (Å²) in [5.41, 5.74) is 2.44. The molecule has 1 aromatic heterocycles. The van der Waals surface area contributed by atoms with Gasteiger partial charge in [-0.05, 0) is 12.8 Å². The normalized spacial score (nSPS) is 27.9. The van der Waals surface area contributed by atoms with Crippen molar-refractivity contribution in [2.24, 2.45) is 0 Å². The van der Waals surface area contributed by atoms with Crippen LogP contribution in [0.5, 0.6) is 0 Å². The first kappa shape index (κ1) is 10.3. The summed E-state index contributed by atoms with van der Waals surface area (Å²) in [6, 6.07) is 0.273. The van der Waals surface area contributed by atoms with Gasteiger partial charge in [0.05, 0.1) is 23.7 Å². The molecular weight excluding hydrogens is 202 g/mol. The second-order valence-corrected chi connectivity index (χ2v) is 4.88. The third-order valence-corrected chi connectivity index (χ3v) is 4.13. The topological polar surface area (TPSA) is 49.9 Å². The number of nitrogens with zero attached hydrogens (tertiary/aromatic N) is 1. The van der Waals surface area contributed by atoms with Crippen LogP contribution in [0.25, 0.3) is 0 Å². The lowest BCUT2D eigenvalue weighted by Crippen LogP contribution is -2.46. The molecule has 1 saturated carbocycles. The van der Waals surface area contributed by atoms with Gasteiger partial charge in [0, 0.05) is 25.8 Å². The lowest BCUT2D eigenvalue weighted by molar-refractivity contribution is -0.0394. The van der Waals surface area contributed by atoms with Crippen LogP contribution >= 0.6 is 0 Å². The summed E-state index contributed by atoms with van der Waals surface area (Å²) in [4.78, 5) is 7.72. The fraction of sp³-hybridized carbons (Fsp3) is 0.750. The van der Waals surface area contributed by atoms with Crippen molar-refractivity contribution in [2.45, 2.75) is 43.7 Å². The van der Waals surface area contributed by atoms with Crippen LogP contribution in [0.4, 0.5) is 0 Å². The van der Waals surface area contributed by atoms with Crippen LogP contribution in [0.2, 0.25) is 0 Å². The van der Waals surface area contributed by atoms with Crippen LogP contribution in [-0.2, 0) is 11.2 Å². The van der Waals surface area contributed by atoms with Crippen molar-refractivity contribution in [2.75, 3.05) is 13.7 Å². The van der Waals surface area contributed by atoms with Gasteiger partial charge in [0.2, 0.25) is 0 Å². The smallest absolute Gasteiger partial charge is 0.0925 e. The van der Waals surface area contributed by atoms with Gasteiger partial charge < -0.3 is 15.0 Å². The second kappa shape index (κ2) is 3.86. The van der Waals surface area contributed by atoms with Gasteiger partial charge in [-0.25, -0.2) is 4.98 Å². The predicted molar refractivity (Wildman–Crippen MR) is 61.2 cm³/mol. The molecule has 3 rings (SSSR count). The Bertz CT molecular complexity index is 368.